The van der Waals surface area contributed by atoms with Gasteiger partial charge in [-0.15, -0.1) is 0 Å². The molecule has 0 spiro atoms. The Morgan fingerprint density at radius 2 is 2.07 bits per heavy atom. The number of piperidine rings is 1. The van der Waals surface area contributed by atoms with Crippen molar-refractivity contribution in [3.05, 3.63) is 27.4 Å². The van der Waals surface area contributed by atoms with Crippen molar-refractivity contribution in [3.63, 3.8) is 0 Å². The normalized spacial score (nSPS) is 26.3. The fourth-order valence-corrected chi connectivity index (χ4v) is 7.99. The number of nitrogens with zero attached hydrogens (tertiary/aromatic N) is 2. The maximum Gasteiger partial charge on any atom is 0.490 e. The van der Waals surface area contributed by atoms with Gasteiger partial charge in [-0.25, -0.2) is 4.79 Å². The van der Waals surface area contributed by atoms with Gasteiger partial charge >= 0.3 is 17.0 Å². The molecular formula is C28H37F3N4O5S. The minimum absolute atomic E-state index is 0.0225. The van der Waals surface area contributed by atoms with Crippen LogP contribution in [0.4, 0.5) is 13.2 Å². The van der Waals surface area contributed by atoms with Gasteiger partial charge in [0.25, 0.3) is 0 Å². The zero-order valence-corrected chi connectivity index (χ0v) is 23.9. The fourth-order valence-electron chi connectivity index (χ4n) is 7.10. The quantitative estimate of drug-likeness (QED) is 0.284. The molecule has 3 N–H and O–H groups in total. The fraction of sp³-hybridized carbons (Fsp3) is 0.679. The molecule has 1 aliphatic heterocycles. The average Bonchev–Trinajstić information content (AvgIpc) is 3.63. The van der Waals surface area contributed by atoms with Gasteiger partial charge in [0.1, 0.15) is 17.4 Å². The van der Waals surface area contributed by atoms with Crippen LogP contribution in [0.2, 0.25) is 0 Å². The smallest absolute Gasteiger partial charge is 0.490 e. The van der Waals surface area contributed by atoms with Crippen molar-refractivity contribution in [2.24, 2.45) is 17.8 Å². The Kier molecular flexibility index (Phi) is 8.95. The zero-order valence-electron chi connectivity index (χ0n) is 23.0. The van der Waals surface area contributed by atoms with Gasteiger partial charge in [0.05, 0.1) is 4.70 Å². The lowest BCUT2D eigenvalue weighted by Crippen LogP contribution is -2.45. The van der Waals surface area contributed by atoms with E-state index >= 15 is 0 Å². The Hall–Kier alpha value is -2.64. The number of likely N-dealkylation sites (tertiary alicyclic amines) is 1. The Morgan fingerprint density at radius 1 is 1.27 bits per heavy atom. The standard InChI is InChI=1S/C28H37F3N4O5S/c1-34(24-18-4-6-19(24)21(13-18)40-26(38)28(29,30)31)12-9-22(37)35-11-2-3-16(15-35)14-32-10-8-17-5-7-20(36)23-25(17)41-27(39)33-23/h5,7,16,18-19,21,24,32,36H,2-4,6,8-15H2,1H3,(H,33,39)/t16?,18-,19+,21+,24-/m0/s1. The van der Waals surface area contributed by atoms with Gasteiger partial charge in [-0.1, -0.05) is 17.4 Å². The van der Waals surface area contributed by atoms with Crippen LogP contribution in [-0.2, 0) is 20.7 Å². The molecule has 2 heterocycles. The Bertz CT molecular complexity index is 1310. The predicted octanol–water partition coefficient (Wildman–Crippen LogP) is 3.26. The van der Waals surface area contributed by atoms with E-state index in [9.17, 15) is 32.7 Å². The molecule has 1 aromatic heterocycles. The number of benzene rings is 1. The van der Waals surface area contributed by atoms with Crippen LogP contribution < -0.4 is 10.2 Å². The van der Waals surface area contributed by atoms with E-state index in [2.05, 4.69) is 15.2 Å². The number of phenols is 1. The Morgan fingerprint density at radius 3 is 2.85 bits per heavy atom. The molecule has 1 aromatic carbocycles. The van der Waals surface area contributed by atoms with E-state index in [0.29, 0.717) is 50.3 Å². The lowest BCUT2D eigenvalue weighted by molar-refractivity contribution is -0.207. The summed E-state index contributed by atoms with van der Waals surface area (Å²) >= 11 is 1.10. The molecule has 2 saturated carbocycles. The van der Waals surface area contributed by atoms with Gasteiger partial charge in [0, 0.05) is 38.0 Å². The van der Waals surface area contributed by atoms with E-state index in [-0.39, 0.29) is 34.4 Å². The Labute approximate surface area is 240 Å². The van der Waals surface area contributed by atoms with Crippen LogP contribution in [0.25, 0.3) is 10.2 Å². The van der Waals surface area contributed by atoms with Gasteiger partial charge in [-0.05, 0) is 82.1 Å². The molecular weight excluding hydrogens is 561 g/mol. The zero-order chi connectivity index (χ0) is 29.3. The minimum Gasteiger partial charge on any atom is -0.506 e. The first kappa shape index (κ1) is 29.8. The van der Waals surface area contributed by atoms with Crippen LogP contribution in [0.1, 0.15) is 44.1 Å². The molecule has 13 heteroatoms. The molecule has 226 valence electrons. The number of aromatic nitrogens is 1. The second kappa shape index (κ2) is 12.3. The molecule has 5 atom stereocenters. The number of carbonyl (C=O) groups excluding carboxylic acids is 2. The number of ether oxygens (including phenoxy) is 1. The van der Waals surface area contributed by atoms with E-state index in [0.717, 1.165) is 60.4 Å². The third-order valence-electron chi connectivity index (χ3n) is 9.00. The van der Waals surface area contributed by atoms with Crippen molar-refractivity contribution in [2.75, 3.05) is 39.8 Å². The van der Waals surface area contributed by atoms with Crippen molar-refractivity contribution >= 4 is 33.4 Å². The number of esters is 1. The van der Waals surface area contributed by atoms with E-state index in [1.54, 1.807) is 6.07 Å². The number of amides is 1. The summed E-state index contributed by atoms with van der Waals surface area (Å²) in [6.45, 7) is 3.41. The Balaban J connectivity index is 1.05. The molecule has 3 fully saturated rings. The summed E-state index contributed by atoms with van der Waals surface area (Å²) in [5.41, 5.74) is 1.48. The number of fused-ring (bicyclic) bond motifs is 3. The van der Waals surface area contributed by atoms with E-state index in [1.807, 2.05) is 18.0 Å². The van der Waals surface area contributed by atoms with Crippen LogP contribution in [0.5, 0.6) is 5.75 Å². The van der Waals surface area contributed by atoms with Gasteiger partial charge < -0.3 is 29.9 Å². The van der Waals surface area contributed by atoms with E-state index < -0.39 is 18.2 Å². The highest BCUT2D eigenvalue weighted by Crippen LogP contribution is 2.48. The summed E-state index contributed by atoms with van der Waals surface area (Å²) in [6, 6.07) is 3.46. The molecule has 0 radical (unpaired) electrons. The highest BCUT2D eigenvalue weighted by molar-refractivity contribution is 7.16. The van der Waals surface area contributed by atoms with Crippen molar-refractivity contribution in [1.29, 1.82) is 0 Å². The number of H-pyrrole nitrogens is 1. The minimum atomic E-state index is -4.98. The van der Waals surface area contributed by atoms with Gasteiger partial charge in [0.2, 0.25) is 5.91 Å². The third-order valence-corrected chi connectivity index (χ3v) is 9.96. The van der Waals surface area contributed by atoms with Crippen molar-refractivity contribution in [3.8, 4) is 5.75 Å². The van der Waals surface area contributed by atoms with Gasteiger partial charge in [-0.3, -0.25) is 9.59 Å². The lowest BCUT2D eigenvalue weighted by Gasteiger charge is -2.34. The molecule has 41 heavy (non-hydrogen) atoms. The predicted molar refractivity (Wildman–Crippen MR) is 148 cm³/mol. The molecule has 3 aliphatic rings. The van der Waals surface area contributed by atoms with Crippen LogP contribution >= 0.6 is 11.3 Å². The number of carbonyl (C=O) groups is 2. The summed E-state index contributed by atoms with van der Waals surface area (Å²) in [4.78, 5) is 42.6. The number of phenolic OH excluding ortho intramolecular Hbond substituents is 1. The molecule has 2 aromatic rings. The monoisotopic (exact) mass is 598 g/mol. The summed E-state index contributed by atoms with van der Waals surface area (Å²) in [5, 5.41) is 13.5. The van der Waals surface area contributed by atoms with Crippen molar-refractivity contribution in [1.82, 2.24) is 20.1 Å². The molecule has 1 saturated heterocycles. The number of hydrogen-bond donors (Lipinski definition) is 3. The second-order valence-electron chi connectivity index (χ2n) is 11.7. The number of thiazole rings is 1. The summed E-state index contributed by atoms with van der Waals surface area (Å²) < 4.78 is 43.7. The molecule has 9 nitrogen and oxygen atoms in total. The van der Waals surface area contributed by atoms with E-state index in [4.69, 9.17) is 4.74 Å². The first-order valence-electron chi connectivity index (χ1n) is 14.3. The van der Waals surface area contributed by atoms with Gasteiger partial charge in [-0.2, -0.15) is 13.2 Å². The number of rotatable bonds is 10. The first-order valence-corrected chi connectivity index (χ1v) is 15.1. The number of aromatic amines is 1. The molecule has 1 unspecified atom stereocenters. The topological polar surface area (TPSA) is 115 Å². The van der Waals surface area contributed by atoms with Crippen LogP contribution in [0.15, 0.2) is 16.9 Å². The van der Waals surface area contributed by atoms with E-state index in [1.165, 1.54) is 0 Å². The van der Waals surface area contributed by atoms with Gasteiger partial charge in [0.15, 0.2) is 0 Å². The number of nitrogens with one attached hydrogen (secondary N) is 2. The number of hydrogen-bond acceptors (Lipinski definition) is 8. The molecule has 5 rings (SSSR count). The SMILES string of the molecule is CN(CCC(=O)N1CCCC(CNCCc2ccc(O)c3[nH]c(=O)sc23)C1)[C@H]1[C@H]2CC[C@@H]1[C@H](OC(=O)C(F)(F)F)C2. The molecule has 2 aliphatic carbocycles. The number of aromatic hydroxyl groups is 1. The molecule has 2 bridgehead atoms. The summed E-state index contributed by atoms with van der Waals surface area (Å²) in [5.74, 6) is -1.58. The van der Waals surface area contributed by atoms with Crippen molar-refractivity contribution < 1.29 is 32.6 Å². The maximum atomic E-state index is 13.1. The highest BCUT2D eigenvalue weighted by Gasteiger charge is 2.53. The molecule has 1 amide bonds. The third kappa shape index (κ3) is 6.72. The summed E-state index contributed by atoms with van der Waals surface area (Å²) in [7, 11) is 1.91. The van der Waals surface area contributed by atoms with Crippen LogP contribution in [-0.4, -0.2) is 89.9 Å². The maximum absolute atomic E-state index is 13.1. The largest absolute Gasteiger partial charge is 0.506 e. The summed E-state index contributed by atoms with van der Waals surface area (Å²) in [6.07, 6.45) is -0.602. The first-order chi connectivity index (χ1) is 19.5. The highest BCUT2D eigenvalue weighted by atomic mass is 32.1. The van der Waals surface area contributed by atoms with Crippen molar-refractivity contribution in [2.45, 2.75) is 63.3 Å². The second-order valence-corrected chi connectivity index (χ2v) is 12.6. The lowest BCUT2D eigenvalue weighted by atomic mass is 9.97. The number of halogens is 3. The number of alkyl halides is 3. The van der Waals surface area contributed by atoms with Crippen LogP contribution in [0, 0.1) is 17.8 Å². The average molecular weight is 599 g/mol. The van der Waals surface area contributed by atoms with Crippen LogP contribution in [0.3, 0.4) is 0 Å².